The predicted molar refractivity (Wildman–Crippen MR) is 292 cm³/mol. The smallest absolute Gasteiger partial charge is 0.143 e. The van der Waals surface area contributed by atoms with Crippen LogP contribution in [0.3, 0.4) is 0 Å². The second kappa shape index (κ2) is 14.2. The van der Waals surface area contributed by atoms with Crippen LogP contribution in [0.4, 0.5) is 0 Å². The monoisotopic (exact) mass is 890 g/mol. The topological polar surface area (TPSA) is 35.5 Å². The van der Waals surface area contributed by atoms with Crippen molar-refractivity contribution in [1.82, 2.24) is 0 Å². The molecule has 16 rings (SSSR count). The van der Waals surface area contributed by atoms with Gasteiger partial charge in [0, 0.05) is 43.8 Å². The van der Waals surface area contributed by atoms with Crippen LogP contribution in [0.2, 0.25) is 0 Å². The van der Waals surface area contributed by atoms with Crippen molar-refractivity contribution in [1.29, 1.82) is 0 Å². The van der Waals surface area contributed by atoms with Crippen molar-refractivity contribution >= 4 is 109 Å². The summed E-state index contributed by atoms with van der Waals surface area (Å²) in [5.74, 6) is 0.888. The van der Waals surface area contributed by atoms with E-state index in [1.165, 1.54) is 54.2 Å². The van der Waals surface area contributed by atoms with Gasteiger partial charge in [0.15, 0.2) is 0 Å². The van der Waals surface area contributed by atoms with Gasteiger partial charge in [-0.25, -0.2) is 0 Å². The van der Waals surface area contributed by atoms with Gasteiger partial charge in [0.05, 0.1) is 0 Å². The summed E-state index contributed by atoms with van der Waals surface area (Å²) < 4.78 is 21.1. The quantitative estimate of drug-likeness (QED) is 0.177. The minimum absolute atomic E-state index is 0.502. The molecule has 3 heteroatoms. The van der Waals surface area contributed by atoms with Crippen LogP contribution in [-0.2, 0) is 6.61 Å². The molecule has 3 nitrogen and oxygen atoms in total. The van der Waals surface area contributed by atoms with Gasteiger partial charge in [-0.1, -0.05) is 170 Å². The van der Waals surface area contributed by atoms with Crippen LogP contribution in [0.15, 0.2) is 227 Å². The summed E-state index contributed by atoms with van der Waals surface area (Å²) in [4.78, 5) is 0. The Labute approximate surface area is 401 Å². The molecule has 0 saturated heterocycles. The summed E-state index contributed by atoms with van der Waals surface area (Å²) in [6.07, 6.45) is 0. The molecule has 0 spiro atoms. The molecule has 0 fully saturated rings. The van der Waals surface area contributed by atoms with Gasteiger partial charge in [-0.3, -0.25) is 0 Å². The van der Waals surface area contributed by atoms with E-state index in [0.29, 0.717) is 6.61 Å². The summed E-state index contributed by atoms with van der Waals surface area (Å²) >= 11 is 0. The van der Waals surface area contributed by atoms with Gasteiger partial charge in [0.2, 0.25) is 0 Å². The Morgan fingerprint density at radius 1 is 0.286 bits per heavy atom. The molecular weight excluding hydrogens is 853 g/mol. The molecule has 15 aromatic rings. The van der Waals surface area contributed by atoms with Gasteiger partial charge in [0.25, 0.3) is 0 Å². The average molecular weight is 891 g/mol. The lowest BCUT2D eigenvalue weighted by Gasteiger charge is -2.26. The molecule has 0 unspecified atom stereocenters. The standard InChI is InChI=1S/C67H38O3/c1-6-18-47-38(13-1)25-26-43-37-68-59-36-54(52-23-11-12-24-53(52)63(59)60(43)47)44-31-45(55-34-41-16-4-9-21-50(41)64-61-48-19-7-2-14-39(48)27-29-57(61)69-66(55)64)33-46(32-44)56-35-42-17-5-10-22-51(42)65-62-49-20-8-3-15-40(49)28-30-58(62)70-67(56)65/h1-36H,37H2. The Hall–Kier alpha value is -9.18. The fourth-order valence-electron chi connectivity index (χ4n) is 12.1. The van der Waals surface area contributed by atoms with Crippen molar-refractivity contribution in [2.45, 2.75) is 6.61 Å². The zero-order valence-corrected chi connectivity index (χ0v) is 37.7. The van der Waals surface area contributed by atoms with Crippen molar-refractivity contribution in [3.63, 3.8) is 0 Å². The average Bonchev–Trinajstić information content (AvgIpc) is 4.03. The molecule has 13 aromatic carbocycles. The first-order valence-electron chi connectivity index (χ1n) is 24.1. The van der Waals surface area contributed by atoms with Crippen molar-refractivity contribution in [2.75, 3.05) is 0 Å². The maximum absolute atomic E-state index is 7.13. The third kappa shape index (κ3) is 5.29. The van der Waals surface area contributed by atoms with Crippen LogP contribution < -0.4 is 4.74 Å². The van der Waals surface area contributed by atoms with E-state index < -0.39 is 0 Å². The summed E-state index contributed by atoms with van der Waals surface area (Å²) in [5.41, 5.74) is 13.4. The van der Waals surface area contributed by atoms with E-state index in [0.717, 1.165) is 110 Å². The number of furan rings is 2. The van der Waals surface area contributed by atoms with Crippen molar-refractivity contribution in [3.8, 4) is 50.3 Å². The second-order valence-corrected chi connectivity index (χ2v) is 19.0. The maximum atomic E-state index is 7.13. The number of ether oxygens (including phenoxy) is 1. The number of hydrogen-bond acceptors (Lipinski definition) is 3. The van der Waals surface area contributed by atoms with Crippen LogP contribution in [0.1, 0.15) is 5.56 Å². The molecule has 0 aliphatic carbocycles. The molecule has 324 valence electrons. The molecule has 0 atom stereocenters. The third-order valence-corrected chi connectivity index (χ3v) is 15.2. The van der Waals surface area contributed by atoms with Crippen LogP contribution >= 0.6 is 0 Å². The molecule has 0 N–H and O–H groups in total. The first-order chi connectivity index (χ1) is 34.7. The molecular formula is C67H38O3. The molecule has 0 saturated carbocycles. The molecule has 1 aliphatic rings. The Bertz CT molecular complexity index is 4570. The Morgan fingerprint density at radius 3 is 1.24 bits per heavy atom. The highest BCUT2D eigenvalue weighted by Crippen LogP contribution is 2.52. The maximum Gasteiger partial charge on any atom is 0.143 e. The Balaban J connectivity index is 1.04. The SMILES string of the molecule is c1ccc2c3c(ccc2c1)COc1cc(-c2cc(-c4cc5ccccc5c5c4oc4ccc6ccccc6c45)cc(-c4cc5ccccc5c5c4oc4ccc6ccccc6c45)c2)c2ccccc2c1-3. The third-order valence-electron chi connectivity index (χ3n) is 15.2. The van der Waals surface area contributed by atoms with Crippen LogP contribution in [0, 0.1) is 0 Å². The molecule has 0 bridgehead atoms. The summed E-state index contributed by atoms with van der Waals surface area (Å²) in [6.45, 7) is 0.502. The molecule has 1 aliphatic heterocycles. The van der Waals surface area contributed by atoms with E-state index in [-0.39, 0.29) is 0 Å². The summed E-state index contributed by atoms with van der Waals surface area (Å²) in [6, 6.07) is 79.4. The highest BCUT2D eigenvalue weighted by molar-refractivity contribution is 6.30. The van der Waals surface area contributed by atoms with Gasteiger partial charge in [-0.2, -0.15) is 0 Å². The number of fused-ring (bicyclic) bond motifs is 21. The highest BCUT2D eigenvalue weighted by Gasteiger charge is 2.27. The lowest BCUT2D eigenvalue weighted by Crippen LogP contribution is -2.07. The number of benzene rings is 13. The van der Waals surface area contributed by atoms with Crippen molar-refractivity contribution in [3.05, 3.63) is 224 Å². The highest BCUT2D eigenvalue weighted by atomic mass is 16.5. The summed E-state index contributed by atoms with van der Waals surface area (Å²) in [7, 11) is 0. The van der Waals surface area contributed by atoms with Gasteiger partial charge >= 0.3 is 0 Å². The molecule has 70 heavy (non-hydrogen) atoms. The minimum Gasteiger partial charge on any atom is -0.488 e. The Kier molecular flexibility index (Phi) is 7.67. The van der Waals surface area contributed by atoms with E-state index in [1.807, 2.05) is 0 Å². The fourth-order valence-corrected chi connectivity index (χ4v) is 12.1. The van der Waals surface area contributed by atoms with E-state index >= 15 is 0 Å². The first-order valence-corrected chi connectivity index (χ1v) is 24.1. The zero-order valence-electron chi connectivity index (χ0n) is 37.7. The van der Waals surface area contributed by atoms with Crippen LogP contribution in [0.5, 0.6) is 5.75 Å². The number of hydrogen-bond donors (Lipinski definition) is 0. The predicted octanol–water partition coefficient (Wildman–Crippen LogP) is 19.0. The molecule has 2 aromatic heterocycles. The molecule has 3 heterocycles. The van der Waals surface area contributed by atoms with E-state index in [4.69, 9.17) is 13.6 Å². The van der Waals surface area contributed by atoms with Crippen molar-refractivity contribution < 1.29 is 13.6 Å². The van der Waals surface area contributed by atoms with Crippen LogP contribution in [-0.4, -0.2) is 0 Å². The van der Waals surface area contributed by atoms with E-state index in [2.05, 4.69) is 218 Å². The van der Waals surface area contributed by atoms with Crippen LogP contribution in [0.25, 0.3) is 153 Å². The van der Waals surface area contributed by atoms with Gasteiger partial charge in [0.1, 0.15) is 34.7 Å². The van der Waals surface area contributed by atoms with E-state index in [1.54, 1.807) is 0 Å². The Morgan fingerprint density at radius 2 is 0.700 bits per heavy atom. The molecule has 0 amide bonds. The largest absolute Gasteiger partial charge is 0.488 e. The van der Waals surface area contributed by atoms with Gasteiger partial charge in [-0.05, 0) is 141 Å². The van der Waals surface area contributed by atoms with Gasteiger partial charge < -0.3 is 13.6 Å². The zero-order chi connectivity index (χ0) is 45.6. The van der Waals surface area contributed by atoms with E-state index in [9.17, 15) is 0 Å². The second-order valence-electron chi connectivity index (χ2n) is 19.0. The fraction of sp³-hybridized carbons (Fsp3) is 0.0149. The lowest BCUT2D eigenvalue weighted by atomic mass is 9.84. The normalized spacial score (nSPS) is 12.6. The minimum atomic E-state index is 0.502. The molecule has 0 radical (unpaired) electrons. The number of rotatable bonds is 3. The van der Waals surface area contributed by atoms with Gasteiger partial charge in [-0.15, -0.1) is 0 Å². The summed E-state index contributed by atoms with van der Waals surface area (Å²) in [5, 5.41) is 18.7. The first kappa shape index (κ1) is 37.9. The lowest BCUT2D eigenvalue weighted by molar-refractivity contribution is 0.303. The van der Waals surface area contributed by atoms with Crippen molar-refractivity contribution in [2.24, 2.45) is 0 Å².